The highest BCUT2D eigenvalue weighted by atomic mass is 16.6. The molecule has 28 nitrogen and oxygen atoms in total. The molecular weight excluding hydrogens is 922 g/mol. The van der Waals surface area contributed by atoms with Gasteiger partial charge in [0.1, 0.15) is 39.6 Å². The van der Waals surface area contributed by atoms with Gasteiger partial charge < -0.3 is 81.3 Å². The lowest BCUT2D eigenvalue weighted by Crippen LogP contribution is -2.15. The van der Waals surface area contributed by atoms with Crippen LogP contribution in [0.25, 0.3) is 31.3 Å². The molecule has 0 radical (unpaired) electrons. The van der Waals surface area contributed by atoms with Gasteiger partial charge in [-0.25, -0.2) is 9.59 Å². The van der Waals surface area contributed by atoms with Crippen molar-refractivity contribution in [1.82, 2.24) is 0 Å². The van der Waals surface area contributed by atoms with Crippen LogP contribution in [0.2, 0.25) is 0 Å². The van der Waals surface area contributed by atoms with Crippen LogP contribution in [0.4, 0.5) is 0 Å². The summed E-state index contributed by atoms with van der Waals surface area (Å²) in [7, 11) is 4.77. The first-order valence-electron chi connectivity index (χ1n) is 21.3. The van der Waals surface area contributed by atoms with Crippen molar-refractivity contribution in [3.05, 3.63) is 66.7 Å². The Labute approximate surface area is 398 Å². The summed E-state index contributed by atoms with van der Waals surface area (Å²) in [5.74, 6) is -1.19. The van der Waals surface area contributed by atoms with E-state index in [0.29, 0.717) is 59.5 Å². The molecule has 0 amide bonds. The number of carboxylic acids is 2. The van der Waals surface area contributed by atoms with Crippen molar-refractivity contribution in [2.45, 2.75) is 0 Å². The van der Waals surface area contributed by atoms with Crippen molar-refractivity contribution >= 4 is 11.9 Å². The number of rotatable bonds is 44. The quantitative estimate of drug-likeness (QED) is 0.0381. The van der Waals surface area contributed by atoms with Crippen molar-refractivity contribution in [1.29, 1.82) is 0 Å². The Balaban J connectivity index is 0.000000693. The van der Waals surface area contributed by atoms with E-state index in [9.17, 15) is 19.8 Å². The Kier molecular flexibility index (Phi) is 37.9. The molecular formula is C41H63N9O19. The molecule has 0 bridgehead atoms. The molecule has 0 unspecified atom stereocenters. The first-order valence-corrected chi connectivity index (χ1v) is 21.3. The third-order valence-corrected chi connectivity index (χ3v) is 7.92. The summed E-state index contributed by atoms with van der Waals surface area (Å²) < 4.78 is 81.4. The van der Waals surface area contributed by atoms with Crippen LogP contribution >= 0.6 is 0 Å². The zero-order valence-electron chi connectivity index (χ0n) is 39.1. The Morgan fingerprint density at radius 2 is 0.623 bits per heavy atom. The zero-order valence-corrected chi connectivity index (χ0v) is 39.1. The first-order chi connectivity index (χ1) is 33.8. The average molecular weight is 986 g/mol. The summed E-state index contributed by atoms with van der Waals surface area (Å²) in [5.41, 5.74) is 24.7. The molecule has 0 saturated heterocycles. The number of nitrogens with zero attached hydrogens (tertiary/aromatic N) is 9. The topological polar surface area (TPSA) is 359 Å². The molecule has 0 spiro atoms. The lowest BCUT2D eigenvalue weighted by atomic mass is 10.2. The smallest absolute Gasteiger partial charge is 0.335 e. The van der Waals surface area contributed by atoms with Gasteiger partial charge in [-0.3, -0.25) is 0 Å². The van der Waals surface area contributed by atoms with E-state index in [-0.39, 0.29) is 145 Å². The number of methoxy groups -OCH3 is 3. The van der Waals surface area contributed by atoms with Crippen molar-refractivity contribution < 1.29 is 90.9 Å². The van der Waals surface area contributed by atoms with Gasteiger partial charge in [0.25, 0.3) is 0 Å². The lowest BCUT2D eigenvalue weighted by molar-refractivity contribution is 0.0467. The molecule has 2 rings (SSSR count). The van der Waals surface area contributed by atoms with Crippen LogP contribution in [-0.2, 0) is 42.6 Å². The minimum atomic E-state index is -1.20. The standard InChI is InChI=1S/C22H36O11.C19H27N9O8/c1-25-4-7-28-10-13-31-19-16-18(22(23)24)17-20(32-14-11-29-8-5-26-2)21(19)33-15-12-30-9-6-27-3;20-26-23-1-4-31-7-10-34-16-13-15(19(29)30)14-17(35-11-8-32-5-2-24-27-21)18(16)36-12-9-33-6-3-25-28-22/h16-17H,4-15H2,1-3H3,(H,23,24);13-14H,1-12H2,(H,29,30). The number of carboxylic acid groups (broad SMARTS) is 2. The van der Waals surface area contributed by atoms with E-state index in [2.05, 4.69) is 30.1 Å². The molecule has 28 heteroatoms. The summed E-state index contributed by atoms with van der Waals surface area (Å²) in [6, 6.07) is 5.37. The fraction of sp³-hybridized carbons (Fsp3) is 0.659. The van der Waals surface area contributed by atoms with Gasteiger partial charge >= 0.3 is 11.9 Å². The van der Waals surface area contributed by atoms with Gasteiger partial charge in [0.15, 0.2) is 23.0 Å². The van der Waals surface area contributed by atoms with Gasteiger partial charge in [0.05, 0.1) is 110 Å². The van der Waals surface area contributed by atoms with Crippen LogP contribution in [0.1, 0.15) is 20.7 Å². The number of hydrogen-bond donors (Lipinski definition) is 2. The number of carbonyl (C=O) groups is 2. The van der Waals surface area contributed by atoms with Gasteiger partial charge in [-0.15, -0.1) is 0 Å². The van der Waals surface area contributed by atoms with E-state index in [4.69, 9.17) is 87.6 Å². The van der Waals surface area contributed by atoms with Crippen LogP contribution in [0.15, 0.2) is 39.6 Å². The summed E-state index contributed by atoms with van der Waals surface area (Å²) in [6.07, 6.45) is 0. The Hall–Kier alpha value is -6.25. The molecule has 2 aromatic carbocycles. The number of azide groups is 3. The van der Waals surface area contributed by atoms with Crippen LogP contribution in [0, 0.1) is 0 Å². The normalized spacial score (nSPS) is 10.4. The van der Waals surface area contributed by atoms with Crippen LogP contribution in [0.3, 0.4) is 0 Å². The van der Waals surface area contributed by atoms with Crippen LogP contribution in [-0.4, -0.2) is 202 Å². The Morgan fingerprint density at radius 3 is 0.855 bits per heavy atom. The maximum atomic E-state index is 11.6. The molecule has 0 fully saturated rings. The highest BCUT2D eigenvalue weighted by molar-refractivity contribution is 5.90. The minimum absolute atomic E-state index is 0.00398. The number of ether oxygens (including phenoxy) is 15. The van der Waals surface area contributed by atoms with E-state index in [1.165, 1.54) is 24.3 Å². The summed E-state index contributed by atoms with van der Waals surface area (Å²) in [4.78, 5) is 31.1. The summed E-state index contributed by atoms with van der Waals surface area (Å²) >= 11 is 0. The highest BCUT2D eigenvalue weighted by Gasteiger charge is 2.20. The molecule has 69 heavy (non-hydrogen) atoms. The molecule has 0 aromatic heterocycles. The zero-order chi connectivity index (χ0) is 50.4. The monoisotopic (exact) mass is 985 g/mol. The number of aromatic carboxylic acids is 2. The average Bonchev–Trinajstić information content (AvgIpc) is 3.34. The van der Waals surface area contributed by atoms with E-state index >= 15 is 0 Å². The third kappa shape index (κ3) is 30.7. The molecule has 0 aliphatic heterocycles. The van der Waals surface area contributed by atoms with Crippen molar-refractivity contribution in [3.63, 3.8) is 0 Å². The molecule has 0 aliphatic carbocycles. The molecule has 2 aromatic rings. The van der Waals surface area contributed by atoms with E-state index in [0.717, 1.165) is 0 Å². The second-order valence-corrected chi connectivity index (χ2v) is 12.8. The van der Waals surface area contributed by atoms with E-state index < -0.39 is 11.9 Å². The van der Waals surface area contributed by atoms with Crippen LogP contribution in [0.5, 0.6) is 34.5 Å². The lowest BCUT2D eigenvalue weighted by Gasteiger charge is -2.18. The fourth-order valence-electron chi connectivity index (χ4n) is 4.85. The Bertz CT molecular complexity index is 1760. The van der Waals surface area contributed by atoms with Crippen molar-refractivity contribution in [2.75, 3.05) is 180 Å². The molecule has 0 saturated carbocycles. The number of benzene rings is 2. The molecule has 386 valence electrons. The second kappa shape index (κ2) is 43.1. The molecule has 0 aliphatic rings. The fourth-order valence-corrected chi connectivity index (χ4v) is 4.85. The van der Waals surface area contributed by atoms with Gasteiger partial charge in [0.2, 0.25) is 11.5 Å². The molecule has 0 atom stereocenters. The van der Waals surface area contributed by atoms with Gasteiger partial charge in [-0.2, -0.15) is 0 Å². The van der Waals surface area contributed by atoms with E-state index in [1.807, 2.05) is 0 Å². The number of hydrogen-bond acceptors (Lipinski definition) is 20. The molecule has 0 heterocycles. The van der Waals surface area contributed by atoms with Crippen molar-refractivity contribution in [3.8, 4) is 34.5 Å². The SMILES string of the molecule is COCCOCCOc1cc(C(=O)O)cc(OCCOCCOC)c1OCCOCCOC.[N-]=[N+]=NCCOCCOc1cc(C(=O)O)cc(OCCOCCN=[N+]=[N-])c1OCCOCCN=[N+]=[N-]. The van der Waals surface area contributed by atoms with Crippen LogP contribution < -0.4 is 28.4 Å². The van der Waals surface area contributed by atoms with Gasteiger partial charge in [-0.05, 0) is 40.9 Å². The predicted molar refractivity (Wildman–Crippen MR) is 242 cm³/mol. The second-order valence-electron chi connectivity index (χ2n) is 12.8. The summed E-state index contributed by atoms with van der Waals surface area (Å²) in [5, 5.41) is 29.1. The third-order valence-electron chi connectivity index (χ3n) is 7.92. The Morgan fingerprint density at radius 1 is 0.391 bits per heavy atom. The van der Waals surface area contributed by atoms with Gasteiger partial charge in [0, 0.05) is 55.7 Å². The summed E-state index contributed by atoms with van der Waals surface area (Å²) in [6.45, 7) is 5.93. The molecule has 2 N–H and O–H groups in total. The van der Waals surface area contributed by atoms with Crippen molar-refractivity contribution in [2.24, 2.45) is 15.3 Å². The first kappa shape index (κ1) is 60.8. The maximum Gasteiger partial charge on any atom is 0.335 e. The van der Waals surface area contributed by atoms with Gasteiger partial charge in [-0.1, -0.05) is 15.3 Å². The largest absolute Gasteiger partial charge is 0.487 e. The predicted octanol–water partition coefficient (Wildman–Crippen LogP) is 5.01. The van der Waals surface area contributed by atoms with E-state index in [1.54, 1.807) is 21.3 Å². The highest BCUT2D eigenvalue weighted by Crippen LogP contribution is 2.40. The minimum Gasteiger partial charge on any atom is -0.487 e. The maximum absolute atomic E-state index is 11.6.